The first kappa shape index (κ1) is 15.9. The Bertz CT molecular complexity index is 1260. The van der Waals surface area contributed by atoms with Crippen LogP contribution in [0.15, 0.2) is 62.2 Å². The number of carbonyl (C=O) groups is 1. The molecule has 0 atom stereocenters. The molecule has 0 aliphatic heterocycles. The van der Waals surface area contributed by atoms with Gasteiger partial charge < -0.3 is 14.2 Å². The van der Waals surface area contributed by atoms with E-state index in [4.69, 9.17) is 8.83 Å². The van der Waals surface area contributed by atoms with Gasteiger partial charge in [-0.25, -0.2) is 4.79 Å². The molecule has 4 aromatic rings. The summed E-state index contributed by atoms with van der Waals surface area (Å²) in [6.45, 7) is 1.94. The van der Waals surface area contributed by atoms with Gasteiger partial charge in [-0.2, -0.15) is 0 Å². The summed E-state index contributed by atoms with van der Waals surface area (Å²) in [5.74, 6) is 0.532. The maximum atomic E-state index is 12.4. The van der Waals surface area contributed by atoms with E-state index < -0.39 is 5.63 Å². The van der Waals surface area contributed by atoms with Gasteiger partial charge in [0.05, 0.1) is 5.69 Å². The minimum atomic E-state index is -0.456. The molecule has 27 heavy (non-hydrogen) atoms. The summed E-state index contributed by atoms with van der Waals surface area (Å²) in [4.78, 5) is 24.6. The normalized spacial score (nSPS) is 14.0. The number of aryl methyl sites for hydroxylation is 1. The van der Waals surface area contributed by atoms with E-state index in [1.54, 1.807) is 0 Å². The Labute approximate surface area is 154 Å². The van der Waals surface area contributed by atoms with Crippen LogP contribution in [0.5, 0.6) is 0 Å². The Morgan fingerprint density at radius 3 is 2.63 bits per heavy atom. The minimum absolute atomic E-state index is 0.00841. The molecule has 2 heterocycles. The van der Waals surface area contributed by atoms with Crippen molar-refractivity contribution in [2.24, 2.45) is 5.92 Å². The highest BCUT2D eigenvalue weighted by atomic mass is 16.4. The van der Waals surface area contributed by atoms with E-state index in [0.717, 1.165) is 29.2 Å². The maximum Gasteiger partial charge on any atom is 0.336 e. The molecule has 1 aliphatic rings. The highest BCUT2D eigenvalue weighted by molar-refractivity contribution is 6.09. The van der Waals surface area contributed by atoms with Gasteiger partial charge in [-0.1, -0.05) is 24.3 Å². The van der Waals surface area contributed by atoms with Crippen molar-refractivity contribution in [3.8, 4) is 11.3 Å². The quantitative estimate of drug-likeness (QED) is 0.530. The van der Waals surface area contributed by atoms with Crippen LogP contribution in [-0.4, -0.2) is 5.91 Å². The van der Waals surface area contributed by atoms with Crippen LogP contribution in [0.4, 0.5) is 5.69 Å². The Morgan fingerprint density at radius 2 is 1.81 bits per heavy atom. The molecule has 5 rings (SSSR count). The molecule has 0 bridgehead atoms. The fraction of sp³-hybridized carbons (Fsp3) is 0.182. The van der Waals surface area contributed by atoms with Crippen LogP contribution >= 0.6 is 0 Å². The fourth-order valence-electron chi connectivity index (χ4n) is 3.39. The van der Waals surface area contributed by atoms with Crippen molar-refractivity contribution in [1.29, 1.82) is 0 Å². The third kappa shape index (κ3) is 2.72. The topological polar surface area (TPSA) is 72.5 Å². The Hall–Kier alpha value is -3.34. The van der Waals surface area contributed by atoms with Crippen molar-refractivity contribution in [3.05, 3.63) is 64.5 Å². The van der Waals surface area contributed by atoms with Crippen LogP contribution < -0.4 is 10.9 Å². The third-order valence-electron chi connectivity index (χ3n) is 4.94. The van der Waals surface area contributed by atoms with E-state index in [9.17, 15) is 9.59 Å². The zero-order chi connectivity index (χ0) is 18.5. The summed E-state index contributed by atoms with van der Waals surface area (Å²) in [7, 11) is 0. The monoisotopic (exact) mass is 359 g/mol. The summed E-state index contributed by atoms with van der Waals surface area (Å²) in [5, 5.41) is 4.60. The van der Waals surface area contributed by atoms with Crippen LogP contribution in [0.2, 0.25) is 0 Å². The first-order valence-electron chi connectivity index (χ1n) is 8.97. The molecule has 1 aliphatic carbocycles. The predicted octanol–water partition coefficient (Wildman–Crippen LogP) is 4.86. The van der Waals surface area contributed by atoms with Crippen LogP contribution in [0.3, 0.4) is 0 Å². The molecule has 134 valence electrons. The Balaban J connectivity index is 1.79. The molecule has 2 aromatic carbocycles. The van der Waals surface area contributed by atoms with Crippen LogP contribution in [0, 0.1) is 12.8 Å². The highest BCUT2D eigenvalue weighted by Crippen LogP contribution is 2.41. The molecule has 0 unspecified atom stereocenters. The molecule has 2 aromatic heterocycles. The number of para-hydroxylation sites is 1. The minimum Gasteiger partial charge on any atom is -0.454 e. The SMILES string of the molecule is Cc1ccc2c(-c3oc4ccccc4c3NC(=O)C3CC3)cc(=O)oc2c1. The number of rotatable bonds is 3. The largest absolute Gasteiger partial charge is 0.454 e. The van der Waals surface area contributed by atoms with Crippen molar-refractivity contribution in [1.82, 2.24) is 0 Å². The van der Waals surface area contributed by atoms with E-state index in [1.165, 1.54) is 6.07 Å². The number of anilines is 1. The molecule has 5 heteroatoms. The molecule has 0 spiro atoms. The summed E-state index contributed by atoms with van der Waals surface area (Å²) in [6, 6.07) is 14.6. The molecule has 5 nitrogen and oxygen atoms in total. The summed E-state index contributed by atoms with van der Waals surface area (Å²) >= 11 is 0. The van der Waals surface area contributed by atoms with Gasteiger partial charge in [0.15, 0.2) is 5.76 Å². The average Bonchev–Trinajstić information content (AvgIpc) is 3.44. The number of nitrogens with one attached hydrogen (secondary N) is 1. The lowest BCUT2D eigenvalue weighted by atomic mass is 10.0. The van der Waals surface area contributed by atoms with Crippen LogP contribution in [0.25, 0.3) is 33.3 Å². The second kappa shape index (κ2) is 5.84. The van der Waals surface area contributed by atoms with Gasteiger partial charge in [-0.3, -0.25) is 4.79 Å². The molecule has 1 amide bonds. The van der Waals surface area contributed by atoms with Gasteiger partial charge in [0.1, 0.15) is 11.2 Å². The number of hydrogen-bond donors (Lipinski definition) is 1. The molecular formula is C22H17NO4. The molecular weight excluding hydrogens is 342 g/mol. The Morgan fingerprint density at radius 1 is 1.00 bits per heavy atom. The number of furan rings is 1. The number of amides is 1. The lowest BCUT2D eigenvalue weighted by Gasteiger charge is -2.08. The molecule has 1 fully saturated rings. The first-order valence-corrected chi connectivity index (χ1v) is 8.97. The first-order chi connectivity index (χ1) is 13.1. The molecule has 1 N–H and O–H groups in total. The lowest BCUT2D eigenvalue weighted by molar-refractivity contribution is -0.117. The molecule has 0 radical (unpaired) electrons. The average molecular weight is 359 g/mol. The summed E-state index contributed by atoms with van der Waals surface area (Å²) in [5.41, 5.74) is 2.92. The zero-order valence-electron chi connectivity index (χ0n) is 14.7. The summed E-state index contributed by atoms with van der Waals surface area (Å²) < 4.78 is 11.4. The molecule has 0 saturated heterocycles. The van der Waals surface area contributed by atoms with E-state index >= 15 is 0 Å². The van der Waals surface area contributed by atoms with Crippen LogP contribution in [0.1, 0.15) is 18.4 Å². The van der Waals surface area contributed by atoms with Gasteiger partial charge >= 0.3 is 5.63 Å². The third-order valence-corrected chi connectivity index (χ3v) is 4.94. The van der Waals surface area contributed by atoms with Crippen molar-refractivity contribution in [2.75, 3.05) is 5.32 Å². The van der Waals surface area contributed by atoms with Gasteiger partial charge in [-0.15, -0.1) is 0 Å². The van der Waals surface area contributed by atoms with Gasteiger partial charge in [-0.05, 0) is 43.5 Å². The number of hydrogen-bond acceptors (Lipinski definition) is 4. The van der Waals surface area contributed by atoms with E-state index in [2.05, 4.69) is 5.32 Å². The highest BCUT2D eigenvalue weighted by Gasteiger charge is 2.31. The van der Waals surface area contributed by atoms with Gasteiger partial charge in [0.25, 0.3) is 0 Å². The predicted molar refractivity (Wildman–Crippen MR) is 104 cm³/mol. The van der Waals surface area contributed by atoms with Crippen molar-refractivity contribution < 1.29 is 13.6 Å². The zero-order valence-corrected chi connectivity index (χ0v) is 14.7. The standard InChI is InChI=1S/C22H17NO4/c1-12-6-9-14-16(11-19(24)26-18(14)10-12)21-20(23-22(25)13-7-8-13)15-4-2-3-5-17(15)27-21/h2-6,9-11,13H,7-8H2,1H3,(H,23,25). The smallest absolute Gasteiger partial charge is 0.336 e. The summed E-state index contributed by atoms with van der Waals surface area (Å²) in [6.07, 6.45) is 1.82. The van der Waals surface area contributed by atoms with Crippen molar-refractivity contribution in [2.45, 2.75) is 19.8 Å². The number of fused-ring (bicyclic) bond motifs is 2. The van der Waals surface area contributed by atoms with Gasteiger partial charge in [0, 0.05) is 28.3 Å². The maximum absolute atomic E-state index is 12.4. The van der Waals surface area contributed by atoms with E-state index in [1.807, 2.05) is 49.4 Å². The lowest BCUT2D eigenvalue weighted by Crippen LogP contribution is -2.13. The number of carbonyl (C=O) groups excluding carboxylic acids is 1. The van der Waals surface area contributed by atoms with Crippen LogP contribution in [-0.2, 0) is 4.79 Å². The second-order valence-electron chi connectivity index (χ2n) is 7.04. The number of benzene rings is 2. The van der Waals surface area contributed by atoms with Gasteiger partial charge in [0.2, 0.25) is 5.91 Å². The van der Waals surface area contributed by atoms with E-state index in [0.29, 0.717) is 28.2 Å². The fourth-order valence-corrected chi connectivity index (χ4v) is 3.39. The second-order valence-corrected chi connectivity index (χ2v) is 7.04. The van der Waals surface area contributed by atoms with Crippen molar-refractivity contribution in [3.63, 3.8) is 0 Å². The molecule has 1 saturated carbocycles. The van der Waals surface area contributed by atoms with Crippen molar-refractivity contribution >= 4 is 33.5 Å². The Kier molecular flexibility index (Phi) is 3.44. The van der Waals surface area contributed by atoms with E-state index in [-0.39, 0.29) is 11.8 Å².